The van der Waals surface area contributed by atoms with E-state index >= 15 is 0 Å². The number of aryl methyl sites for hydroxylation is 1. The molecule has 0 bridgehead atoms. The Morgan fingerprint density at radius 2 is 2.12 bits per heavy atom. The molecule has 0 aliphatic carbocycles. The third-order valence-corrected chi connectivity index (χ3v) is 3.66. The fourth-order valence-electron chi connectivity index (χ4n) is 2.48. The van der Waals surface area contributed by atoms with Crippen LogP contribution in [0.5, 0.6) is 0 Å². The monoisotopic (exact) mass is 337 g/mol. The number of nitrogens with zero attached hydrogens (tertiary/aromatic N) is 1. The molecule has 2 rings (SSSR count). The van der Waals surface area contributed by atoms with Crippen molar-refractivity contribution in [1.29, 1.82) is 0 Å². The highest BCUT2D eigenvalue weighted by Crippen LogP contribution is 2.27. The van der Waals surface area contributed by atoms with Gasteiger partial charge >= 0.3 is 0 Å². The van der Waals surface area contributed by atoms with Gasteiger partial charge in [0.2, 0.25) is 5.91 Å². The zero-order valence-corrected chi connectivity index (χ0v) is 13.8. The zero-order chi connectivity index (χ0) is 17.5. The first-order chi connectivity index (χ1) is 11.6. The predicted octanol–water partition coefficient (Wildman–Crippen LogP) is 3.75. The van der Waals surface area contributed by atoms with Gasteiger partial charge in [0.25, 0.3) is 6.43 Å². The Morgan fingerprint density at radius 3 is 2.79 bits per heavy atom. The van der Waals surface area contributed by atoms with Gasteiger partial charge in [-0.15, -0.1) is 0 Å². The molecule has 0 fully saturated rings. The Bertz CT molecular complexity index is 709. The van der Waals surface area contributed by atoms with Crippen LogP contribution in [-0.4, -0.2) is 44.0 Å². The summed E-state index contributed by atoms with van der Waals surface area (Å²) in [5.41, 5.74) is 1.55. The Balaban J connectivity index is 2.23. The van der Waals surface area contributed by atoms with Gasteiger partial charge in [-0.1, -0.05) is 25.1 Å². The number of rotatable bonds is 8. The van der Waals surface area contributed by atoms with E-state index in [0.717, 1.165) is 27.2 Å². The summed E-state index contributed by atoms with van der Waals surface area (Å²) in [6.07, 6.45) is 1.04. The summed E-state index contributed by atoms with van der Waals surface area (Å²) in [7, 11) is 1.46. The van der Waals surface area contributed by atoms with Crippen LogP contribution >= 0.6 is 0 Å². The van der Waals surface area contributed by atoms with E-state index in [1.54, 1.807) is 6.08 Å². The molecule has 0 spiro atoms. The minimum Gasteiger partial charge on any atom is -0.460 e. The van der Waals surface area contributed by atoms with Crippen LogP contribution in [0.1, 0.15) is 18.2 Å². The highest BCUT2D eigenvalue weighted by molar-refractivity contribution is 5.96. The number of hydrogen-bond donors (Lipinski definition) is 0. The Kier molecular flexibility index (Phi) is 6.49. The van der Waals surface area contributed by atoms with Crippen LogP contribution in [0.15, 0.2) is 34.8 Å². The Morgan fingerprint density at radius 1 is 1.38 bits per heavy atom. The van der Waals surface area contributed by atoms with E-state index in [9.17, 15) is 13.6 Å². The molecule has 1 amide bonds. The lowest BCUT2D eigenvalue weighted by Gasteiger charge is -2.20. The summed E-state index contributed by atoms with van der Waals surface area (Å²) < 4.78 is 35.9. The number of benzene rings is 1. The summed E-state index contributed by atoms with van der Waals surface area (Å²) >= 11 is 0. The zero-order valence-electron chi connectivity index (χ0n) is 13.8. The maximum Gasteiger partial charge on any atom is 0.255 e. The largest absolute Gasteiger partial charge is 0.460 e. The van der Waals surface area contributed by atoms with Crippen LogP contribution in [0.4, 0.5) is 8.78 Å². The van der Waals surface area contributed by atoms with Crippen LogP contribution in [0, 0.1) is 0 Å². The fraction of sp³-hybridized carbons (Fsp3) is 0.389. The van der Waals surface area contributed by atoms with Gasteiger partial charge in [-0.3, -0.25) is 4.79 Å². The van der Waals surface area contributed by atoms with Gasteiger partial charge in [-0.25, -0.2) is 8.78 Å². The number of alkyl halides is 2. The second-order valence-corrected chi connectivity index (χ2v) is 5.29. The van der Waals surface area contributed by atoms with Crippen molar-refractivity contribution in [3.8, 4) is 0 Å². The standard InChI is InChI=1S/C18H21F2NO3/c1-3-15-14(13-6-4-5-7-16(13)24-15)8-9-18(22)21(10-11-23-2)12-17(19)20/h4-9,17H,3,10-12H2,1-2H3/b9-8+. The van der Waals surface area contributed by atoms with Crippen LogP contribution in [0.2, 0.25) is 0 Å². The maximum atomic E-state index is 12.6. The number of carbonyl (C=O) groups is 1. The van der Waals surface area contributed by atoms with Crippen molar-refractivity contribution in [1.82, 2.24) is 4.90 Å². The number of methoxy groups -OCH3 is 1. The van der Waals surface area contributed by atoms with Crippen molar-refractivity contribution in [2.75, 3.05) is 26.8 Å². The van der Waals surface area contributed by atoms with Crippen LogP contribution in [-0.2, 0) is 16.0 Å². The van der Waals surface area contributed by atoms with Crippen molar-refractivity contribution in [2.45, 2.75) is 19.8 Å². The van der Waals surface area contributed by atoms with E-state index in [2.05, 4.69) is 0 Å². The molecule has 1 aromatic heterocycles. The quantitative estimate of drug-likeness (QED) is 0.689. The van der Waals surface area contributed by atoms with Crippen molar-refractivity contribution < 1.29 is 22.7 Å². The molecule has 0 saturated heterocycles. The number of fused-ring (bicyclic) bond motifs is 1. The minimum atomic E-state index is -2.58. The van der Waals surface area contributed by atoms with Gasteiger partial charge in [0.15, 0.2) is 0 Å². The van der Waals surface area contributed by atoms with Crippen molar-refractivity contribution in [2.24, 2.45) is 0 Å². The van der Waals surface area contributed by atoms with E-state index in [4.69, 9.17) is 9.15 Å². The number of amides is 1. The molecule has 0 saturated carbocycles. The predicted molar refractivity (Wildman–Crippen MR) is 89.1 cm³/mol. The van der Waals surface area contributed by atoms with E-state index in [-0.39, 0.29) is 13.2 Å². The number of hydrogen-bond acceptors (Lipinski definition) is 3. The minimum absolute atomic E-state index is 0.122. The van der Waals surface area contributed by atoms with Crippen LogP contribution in [0.3, 0.4) is 0 Å². The van der Waals surface area contributed by atoms with E-state index < -0.39 is 18.9 Å². The molecule has 2 aromatic rings. The fourth-order valence-corrected chi connectivity index (χ4v) is 2.48. The Hall–Kier alpha value is -2.21. The van der Waals surface area contributed by atoms with E-state index in [0.29, 0.717) is 6.42 Å². The molecule has 24 heavy (non-hydrogen) atoms. The van der Waals surface area contributed by atoms with Crippen LogP contribution < -0.4 is 0 Å². The molecule has 4 nitrogen and oxygen atoms in total. The lowest BCUT2D eigenvalue weighted by atomic mass is 10.1. The van der Waals surface area contributed by atoms with Gasteiger partial charge in [0.1, 0.15) is 11.3 Å². The van der Waals surface area contributed by atoms with Crippen molar-refractivity contribution in [3.05, 3.63) is 41.7 Å². The highest BCUT2D eigenvalue weighted by Gasteiger charge is 2.16. The Labute approximate surface area is 139 Å². The first-order valence-electron chi connectivity index (χ1n) is 7.81. The molecular formula is C18H21F2NO3. The smallest absolute Gasteiger partial charge is 0.255 e. The number of para-hydroxylation sites is 1. The van der Waals surface area contributed by atoms with Gasteiger partial charge in [-0.05, 0) is 12.1 Å². The molecule has 130 valence electrons. The summed E-state index contributed by atoms with van der Waals surface area (Å²) in [6, 6.07) is 7.52. The molecule has 0 unspecified atom stereocenters. The average Bonchev–Trinajstić information content (AvgIpc) is 2.93. The SMILES string of the molecule is CCc1oc2ccccc2c1/C=C/C(=O)N(CCOC)CC(F)F. The molecule has 0 atom stereocenters. The average molecular weight is 337 g/mol. The summed E-state index contributed by atoms with van der Waals surface area (Å²) in [6.45, 7) is 1.68. The molecule has 0 N–H and O–H groups in total. The third-order valence-electron chi connectivity index (χ3n) is 3.66. The van der Waals surface area contributed by atoms with E-state index in [1.165, 1.54) is 13.2 Å². The second kappa shape index (κ2) is 8.59. The van der Waals surface area contributed by atoms with Crippen molar-refractivity contribution >= 4 is 23.0 Å². The normalized spacial score (nSPS) is 11.7. The van der Waals surface area contributed by atoms with Gasteiger partial charge in [0.05, 0.1) is 13.2 Å². The van der Waals surface area contributed by atoms with Gasteiger partial charge in [-0.2, -0.15) is 0 Å². The van der Waals surface area contributed by atoms with Crippen LogP contribution in [0.25, 0.3) is 17.0 Å². The molecule has 0 aliphatic rings. The number of ether oxygens (including phenoxy) is 1. The first kappa shape index (κ1) is 18.1. The molecule has 1 heterocycles. The molecule has 6 heteroatoms. The summed E-state index contributed by atoms with van der Waals surface area (Å²) in [5.74, 6) is 0.289. The molecule has 0 aliphatic heterocycles. The molecule has 0 radical (unpaired) electrons. The number of carbonyl (C=O) groups excluding carboxylic acids is 1. The maximum absolute atomic E-state index is 12.6. The molecule has 1 aromatic carbocycles. The van der Waals surface area contributed by atoms with Crippen molar-refractivity contribution in [3.63, 3.8) is 0 Å². The number of furan rings is 1. The summed E-state index contributed by atoms with van der Waals surface area (Å²) in [5, 5.41) is 0.899. The lowest BCUT2D eigenvalue weighted by molar-refractivity contribution is -0.128. The topological polar surface area (TPSA) is 42.7 Å². The van der Waals surface area contributed by atoms with Gasteiger partial charge < -0.3 is 14.1 Å². The number of halogens is 2. The highest BCUT2D eigenvalue weighted by atomic mass is 19.3. The first-order valence-corrected chi connectivity index (χ1v) is 7.81. The summed E-state index contributed by atoms with van der Waals surface area (Å²) in [4.78, 5) is 13.3. The lowest BCUT2D eigenvalue weighted by Crippen LogP contribution is -2.36. The third kappa shape index (κ3) is 4.41. The van der Waals surface area contributed by atoms with Gasteiger partial charge in [0, 0.05) is 37.1 Å². The van der Waals surface area contributed by atoms with E-state index in [1.807, 2.05) is 31.2 Å². The second-order valence-electron chi connectivity index (χ2n) is 5.29. The molecular weight excluding hydrogens is 316 g/mol.